The molecule has 22 nitrogen and oxygen atoms in total. The maximum Gasteiger partial charge on any atom is 0.573 e. The first-order valence-corrected chi connectivity index (χ1v) is 29.0. The molecule has 10 rings (SSSR count). The summed E-state index contributed by atoms with van der Waals surface area (Å²) >= 11 is 0. The summed E-state index contributed by atoms with van der Waals surface area (Å²) in [5.74, 6) is -1.40. The molecular weight excluding hydrogens is 1230 g/mol. The van der Waals surface area contributed by atoms with E-state index in [0.29, 0.717) is 32.2 Å². The predicted octanol–water partition coefficient (Wildman–Crippen LogP) is 13.0. The van der Waals surface area contributed by atoms with Crippen LogP contribution in [0.4, 0.5) is 39.5 Å². The van der Waals surface area contributed by atoms with E-state index >= 15 is 0 Å². The van der Waals surface area contributed by atoms with Crippen molar-refractivity contribution in [3.05, 3.63) is 136 Å². The van der Waals surface area contributed by atoms with Crippen molar-refractivity contribution in [2.45, 2.75) is 153 Å². The van der Waals surface area contributed by atoms with Gasteiger partial charge in [0, 0.05) is 0 Å². The van der Waals surface area contributed by atoms with Crippen LogP contribution in [-0.2, 0) is 16.0 Å². The number of carboxylic acids is 1. The maximum absolute atomic E-state index is 12.5. The summed E-state index contributed by atoms with van der Waals surface area (Å²) in [4.78, 5) is 35.3. The van der Waals surface area contributed by atoms with Crippen LogP contribution in [0.1, 0.15) is 162 Å². The zero-order chi connectivity index (χ0) is 65.3. The number of H-pyrrole nitrogens is 2. The van der Waals surface area contributed by atoms with Crippen molar-refractivity contribution in [1.82, 2.24) is 45.8 Å². The number of rotatable bonds is 20. The topological polar surface area (TPSA) is 268 Å². The molecule has 3 aromatic heterocycles. The summed E-state index contributed by atoms with van der Waals surface area (Å²) in [6.45, 7) is 4.18. The van der Waals surface area contributed by atoms with E-state index < -0.39 is 37.0 Å². The van der Waals surface area contributed by atoms with Crippen molar-refractivity contribution >= 4 is 17.9 Å². The summed E-state index contributed by atoms with van der Waals surface area (Å²) < 4.78 is 157. The van der Waals surface area contributed by atoms with Crippen molar-refractivity contribution in [3.8, 4) is 40.6 Å². The first-order valence-electron chi connectivity index (χ1n) is 29.0. The molecule has 0 radical (unpaired) electrons. The van der Waals surface area contributed by atoms with Crippen LogP contribution in [0.25, 0.3) is 0 Å². The normalized spacial score (nSPS) is 19.2. The van der Waals surface area contributed by atoms with Crippen LogP contribution in [0.2, 0.25) is 0 Å². The first kappa shape index (κ1) is 67.6. The molecule has 31 heteroatoms. The van der Waals surface area contributed by atoms with Crippen molar-refractivity contribution in [2.75, 3.05) is 20.3 Å². The van der Waals surface area contributed by atoms with Crippen molar-refractivity contribution in [1.29, 1.82) is 0 Å². The number of carbonyl (C=O) groups excluding carboxylic acids is 2. The molecule has 3 N–H and O–H groups in total. The number of hydrogen-bond donors (Lipinski definition) is 3. The second-order valence-corrected chi connectivity index (χ2v) is 21.1. The molecular formula is C60H64F9N9O13. The Kier molecular flexibility index (Phi) is 23.0. The van der Waals surface area contributed by atoms with Gasteiger partial charge in [-0.1, -0.05) is 74.4 Å². The molecule has 0 unspecified atom stereocenters. The predicted molar refractivity (Wildman–Crippen MR) is 300 cm³/mol. The van der Waals surface area contributed by atoms with E-state index in [0.717, 1.165) is 79.4 Å². The molecule has 3 fully saturated rings. The van der Waals surface area contributed by atoms with E-state index in [1.165, 1.54) is 36.4 Å². The van der Waals surface area contributed by atoms with Crippen molar-refractivity contribution in [3.63, 3.8) is 0 Å². The summed E-state index contributed by atoms with van der Waals surface area (Å²) in [7, 11) is 1.59. The highest BCUT2D eigenvalue weighted by molar-refractivity contribution is 5.90. The van der Waals surface area contributed by atoms with Gasteiger partial charge in [-0.05, 0) is 179 Å². The van der Waals surface area contributed by atoms with Crippen LogP contribution in [0, 0.1) is 0 Å². The van der Waals surface area contributed by atoms with Crippen LogP contribution in [0.3, 0.4) is 0 Å². The lowest BCUT2D eigenvalue weighted by atomic mass is 9.83. The molecule has 91 heavy (non-hydrogen) atoms. The minimum absolute atomic E-state index is 0.0257. The number of hydrogen-bond acceptors (Lipinski definition) is 18. The molecule has 4 aromatic carbocycles. The molecule has 0 amide bonds. The third-order valence-corrected chi connectivity index (χ3v) is 15.0. The highest BCUT2D eigenvalue weighted by Gasteiger charge is 2.35. The Labute approximate surface area is 513 Å². The largest absolute Gasteiger partial charge is 0.573 e. The molecule has 0 atom stereocenters. The van der Waals surface area contributed by atoms with Crippen LogP contribution >= 0.6 is 0 Å². The van der Waals surface area contributed by atoms with Gasteiger partial charge in [-0.15, -0.1) is 44.6 Å². The van der Waals surface area contributed by atoms with Gasteiger partial charge in [0.2, 0.25) is 23.0 Å². The third kappa shape index (κ3) is 20.3. The molecule has 3 heterocycles. The lowest BCUT2D eigenvalue weighted by Crippen LogP contribution is -2.25. The van der Waals surface area contributed by atoms with Gasteiger partial charge in [-0.25, -0.2) is 29.3 Å². The number of carboxylic acid groups (broad SMARTS) is 1. The molecule has 3 aliphatic carbocycles. The Morgan fingerprint density at radius 3 is 1.23 bits per heavy atom. The summed E-state index contributed by atoms with van der Waals surface area (Å²) in [5.41, 5.74) is 3.70. The first-order chi connectivity index (χ1) is 43.4. The van der Waals surface area contributed by atoms with Gasteiger partial charge in [0.1, 0.15) is 41.3 Å². The molecule has 7 aromatic rings. The van der Waals surface area contributed by atoms with E-state index in [2.05, 4.69) is 55.3 Å². The van der Waals surface area contributed by atoms with Crippen LogP contribution in [0.15, 0.2) is 97.1 Å². The number of ether oxygens (including phenoxy) is 9. The Bertz CT molecular complexity index is 3410. The average molecular weight is 1290 g/mol. The van der Waals surface area contributed by atoms with E-state index in [4.69, 9.17) is 33.5 Å². The third-order valence-electron chi connectivity index (χ3n) is 15.0. The molecule has 0 spiro atoms. The second-order valence-electron chi connectivity index (χ2n) is 21.1. The van der Waals surface area contributed by atoms with Gasteiger partial charge in [-0.2, -0.15) is 0 Å². The number of aromatic carboxylic acids is 1. The number of esters is 2. The number of nitrogens with one attached hydrogen (secondary N) is 2. The summed E-state index contributed by atoms with van der Waals surface area (Å²) in [6, 6.07) is 25.3. The maximum atomic E-state index is 12.5. The SMILES string of the molecule is CCOC(=O)c1[nH]nnc1OC1CCC(c2ccc(OC(F)(F)F)cc2)CC1.CCOC(=O)c1nnn(Cc2ccc(OC)cc2)c1OC1CCC(c2ccc(OC(F)(F)F)cc2)CC1.O=C(O)c1[nH]nnc1OC1CCC(c2ccc(OC(F)(F)F)cc2)CC1. The Morgan fingerprint density at radius 2 is 0.857 bits per heavy atom. The lowest BCUT2D eigenvalue weighted by molar-refractivity contribution is -0.275. The highest BCUT2D eigenvalue weighted by Crippen LogP contribution is 2.40. The van der Waals surface area contributed by atoms with Gasteiger partial charge in [0.05, 0.1) is 26.9 Å². The highest BCUT2D eigenvalue weighted by atomic mass is 19.4. The molecule has 490 valence electrons. The van der Waals surface area contributed by atoms with E-state index in [-0.39, 0.29) is 101 Å². The van der Waals surface area contributed by atoms with Gasteiger partial charge >= 0.3 is 37.0 Å². The number of methoxy groups -OCH3 is 1. The standard InChI is InChI=1S/C26H28F3N3O5.C18H20F3N3O4.C16H16F3N3O4/c1-3-35-25(33)23-24(32(31-30-23)16-17-4-10-20(34-2)11-5-17)36-21-12-6-18(7-13-21)19-8-14-22(15-9-19)37-26(27,28)29;1-2-26-17(25)15-16(23-24-22-15)27-13-7-3-11(4-8-13)12-5-9-14(10-6-12)28-18(19,20)21;17-16(18,19)26-12-7-3-10(4-8-12)9-1-5-11(6-2-9)25-14-13(15(23)24)20-22-21-14/h4-5,8-11,14-15,18,21H,3,6-7,12-13,16H2,1-2H3;5-6,9-11,13H,2-4,7-8H2,1H3,(H,22,23,24);3-4,7-9,11H,1-2,5-6H2,(H,23,24)(H,20,21,22). The van der Waals surface area contributed by atoms with Crippen LogP contribution < -0.4 is 33.2 Å². The molecule has 0 saturated heterocycles. The minimum atomic E-state index is -4.71. The smallest absolute Gasteiger partial charge is 0.497 e. The van der Waals surface area contributed by atoms with Gasteiger partial charge in [0.25, 0.3) is 11.8 Å². The minimum Gasteiger partial charge on any atom is -0.497 e. The van der Waals surface area contributed by atoms with Gasteiger partial charge in [-0.3, -0.25) is 0 Å². The van der Waals surface area contributed by atoms with Crippen LogP contribution in [-0.4, -0.2) is 127 Å². The second kappa shape index (κ2) is 30.9. The zero-order valence-corrected chi connectivity index (χ0v) is 49.2. The van der Waals surface area contributed by atoms with Gasteiger partial charge < -0.3 is 47.7 Å². The number of carbonyl (C=O) groups is 3. The van der Waals surface area contributed by atoms with Crippen molar-refractivity contribution < 1.29 is 102 Å². The lowest BCUT2D eigenvalue weighted by Gasteiger charge is -2.29. The number of nitrogens with zero attached hydrogens (tertiary/aromatic N) is 7. The van der Waals surface area contributed by atoms with Crippen LogP contribution in [0.5, 0.6) is 40.6 Å². The van der Waals surface area contributed by atoms with E-state index in [1.54, 1.807) is 62.0 Å². The Hall–Kier alpha value is -9.32. The summed E-state index contributed by atoms with van der Waals surface area (Å²) in [6.07, 6.45) is -5.70. The Balaban J connectivity index is 0.000000179. The monoisotopic (exact) mass is 1290 g/mol. The zero-order valence-electron chi connectivity index (χ0n) is 49.2. The molecule has 3 aliphatic rings. The van der Waals surface area contributed by atoms with Crippen molar-refractivity contribution in [2.24, 2.45) is 0 Å². The van der Waals surface area contributed by atoms with Gasteiger partial charge in [0.15, 0.2) is 0 Å². The number of benzene rings is 4. The number of alkyl halides is 9. The number of halogens is 9. The van der Waals surface area contributed by atoms with E-state index in [9.17, 15) is 53.9 Å². The quantitative estimate of drug-likeness (QED) is 0.0473. The molecule has 3 saturated carbocycles. The van der Waals surface area contributed by atoms with E-state index in [1.807, 2.05) is 24.3 Å². The molecule has 0 aliphatic heterocycles. The number of aromatic nitrogens is 9. The summed E-state index contributed by atoms with van der Waals surface area (Å²) in [5, 5.41) is 36.4. The Morgan fingerprint density at radius 1 is 0.495 bits per heavy atom. The fraction of sp³-hybridized carbons (Fsp3) is 0.450. The fourth-order valence-electron chi connectivity index (χ4n) is 10.7. The average Bonchev–Trinajstić information content (AvgIpc) is 1.82. The molecule has 0 bridgehead atoms. The fourth-order valence-corrected chi connectivity index (χ4v) is 10.7. The number of aromatic amines is 2.